The Morgan fingerprint density at radius 3 is 2.78 bits per heavy atom. The minimum atomic E-state index is -0.351. The van der Waals surface area contributed by atoms with E-state index in [2.05, 4.69) is 15.3 Å². The molecule has 1 aliphatic rings. The number of likely N-dealkylation sites (tertiary alicyclic amines) is 1. The van der Waals surface area contributed by atoms with Gasteiger partial charge in [0, 0.05) is 42.8 Å². The fourth-order valence-corrected chi connectivity index (χ4v) is 2.91. The first-order valence-corrected chi connectivity index (χ1v) is 7.79. The first-order valence-electron chi connectivity index (χ1n) is 7.79. The molecule has 1 amide bonds. The van der Waals surface area contributed by atoms with Crippen molar-refractivity contribution >= 4 is 5.91 Å². The van der Waals surface area contributed by atoms with Crippen LogP contribution in [0.25, 0.3) is 11.3 Å². The summed E-state index contributed by atoms with van der Waals surface area (Å²) >= 11 is 0. The highest BCUT2D eigenvalue weighted by atomic mass is 16.2. The van der Waals surface area contributed by atoms with Gasteiger partial charge in [-0.3, -0.25) is 14.6 Å². The average molecular weight is 312 g/mol. The van der Waals surface area contributed by atoms with Gasteiger partial charge in [0.2, 0.25) is 0 Å². The van der Waals surface area contributed by atoms with Crippen molar-refractivity contribution in [3.8, 4) is 11.3 Å². The lowest BCUT2D eigenvalue weighted by molar-refractivity contribution is 0.0696. The molecule has 2 aromatic heterocycles. The molecule has 0 aromatic carbocycles. The van der Waals surface area contributed by atoms with Gasteiger partial charge in [-0.15, -0.1) is 0 Å². The van der Waals surface area contributed by atoms with Crippen molar-refractivity contribution in [3.63, 3.8) is 0 Å². The van der Waals surface area contributed by atoms with Crippen molar-refractivity contribution < 1.29 is 4.79 Å². The van der Waals surface area contributed by atoms with Crippen LogP contribution in [0, 0.1) is 0 Å². The van der Waals surface area contributed by atoms with E-state index in [4.69, 9.17) is 0 Å². The molecular weight excluding hydrogens is 292 g/mol. The zero-order valence-corrected chi connectivity index (χ0v) is 13.1. The zero-order valence-electron chi connectivity index (χ0n) is 13.1. The van der Waals surface area contributed by atoms with E-state index >= 15 is 0 Å². The molecule has 0 spiro atoms. The van der Waals surface area contributed by atoms with Crippen LogP contribution in [0.4, 0.5) is 0 Å². The highest BCUT2D eigenvalue weighted by Crippen LogP contribution is 2.16. The Hall–Kier alpha value is -2.47. The van der Waals surface area contributed by atoms with E-state index in [1.54, 1.807) is 29.4 Å². The molecule has 0 bridgehead atoms. The second-order valence-electron chi connectivity index (χ2n) is 5.73. The molecule has 120 valence electrons. The zero-order chi connectivity index (χ0) is 16.2. The van der Waals surface area contributed by atoms with Crippen LogP contribution >= 0.6 is 0 Å². The molecule has 3 rings (SSSR count). The fraction of sp³-hybridized carbons (Fsp3) is 0.353. The van der Waals surface area contributed by atoms with Gasteiger partial charge in [0.15, 0.2) is 0 Å². The normalized spacial score (nSPS) is 18.0. The molecule has 1 aliphatic heterocycles. The molecular formula is C17H20N4O2. The van der Waals surface area contributed by atoms with Crippen molar-refractivity contribution in [2.24, 2.45) is 0 Å². The molecule has 23 heavy (non-hydrogen) atoms. The van der Waals surface area contributed by atoms with Gasteiger partial charge in [-0.25, -0.2) is 0 Å². The molecule has 2 N–H and O–H groups in total. The molecule has 0 radical (unpaired) electrons. The summed E-state index contributed by atoms with van der Waals surface area (Å²) in [7, 11) is 1.90. The number of piperidine rings is 1. The predicted octanol–water partition coefficient (Wildman–Crippen LogP) is 1.26. The highest BCUT2D eigenvalue weighted by molar-refractivity contribution is 5.94. The third-order valence-corrected chi connectivity index (χ3v) is 4.25. The lowest BCUT2D eigenvalue weighted by Crippen LogP contribution is -2.47. The summed E-state index contributed by atoms with van der Waals surface area (Å²) in [6.45, 7) is 1.34. The summed E-state index contributed by atoms with van der Waals surface area (Å²) in [5.41, 5.74) is 1.39. The number of aromatic amines is 1. The fourth-order valence-electron chi connectivity index (χ4n) is 2.91. The summed E-state index contributed by atoms with van der Waals surface area (Å²) in [6.07, 6.45) is 5.33. The molecule has 1 saturated heterocycles. The van der Waals surface area contributed by atoms with Crippen LogP contribution in [0.15, 0.2) is 41.5 Å². The van der Waals surface area contributed by atoms with Gasteiger partial charge in [-0.05, 0) is 44.2 Å². The Balaban J connectivity index is 1.83. The number of nitrogens with one attached hydrogen (secondary N) is 2. The van der Waals surface area contributed by atoms with E-state index < -0.39 is 0 Å². The molecule has 2 aromatic rings. The average Bonchev–Trinajstić information content (AvgIpc) is 2.62. The third kappa shape index (κ3) is 3.32. The summed E-state index contributed by atoms with van der Waals surface area (Å²) in [6, 6.07) is 7.30. The quantitative estimate of drug-likeness (QED) is 0.894. The number of H-pyrrole nitrogens is 1. The Bertz CT molecular complexity index is 742. The number of aromatic nitrogens is 2. The minimum Gasteiger partial charge on any atom is -0.337 e. The van der Waals surface area contributed by atoms with Crippen molar-refractivity contribution in [2.75, 3.05) is 20.1 Å². The first kappa shape index (κ1) is 15.4. The van der Waals surface area contributed by atoms with E-state index in [0.717, 1.165) is 18.4 Å². The van der Waals surface area contributed by atoms with Gasteiger partial charge in [0.1, 0.15) is 5.56 Å². The number of carbonyl (C=O) groups excluding carboxylic acids is 1. The van der Waals surface area contributed by atoms with Crippen molar-refractivity contribution in [1.29, 1.82) is 0 Å². The van der Waals surface area contributed by atoms with Crippen LogP contribution in [0.1, 0.15) is 23.2 Å². The standard InChI is InChI=1S/C17H20N4O2/c1-18-13-3-2-10-21(11-13)17(23)14-4-5-15(20-16(14)22)12-6-8-19-9-7-12/h4-9,13,18H,2-3,10-11H2,1H3,(H,20,22). The maximum Gasteiger partial charge on any atom is 0.261 e. The lowest BCUT2D eigenvalue weighted by Gasteiger charge is -2.32. The maximum atomic E-state index is 12.6. The molecule has 6 nitrogen and oxygen atoms in total. The predicted molar refractivity (Wildman–Crippen MR) is 88.3 cm³/mol. The molecule has 1 atom stereocenters. The van der Waals surface area contributed by atoms with Crippen LogP contribution in [-0.2, 0) is 0 Å². The Morgan fingerprint density at radius 2 is 2.09 bits per heavy atom. The van der Waals surface area contributed by atoms with Crippen molar-refractivity contribution in [3.05, 3.63) is 52.6 Å². The van der Waals surface area contributed by atoms with Crippen molar-refractivity contribution in [1.82, 2.24) is 20.2 Å². The number of rotatable bonds is 3. The number of hydrogen-bond donors (Lipinski definition) is 2. The smallest absolute Gasteiger partial charge is 0.261 e. The largest absolute Gasteiger partial charge is 0.337 e. The van der Waals surface area contributed by atoms with Gasteiger partial charge in [0.25, 0.3) is 11.5 Å². The van der Waals surface area contributed by atoms with Gasteiger partial charge >= 0.3 is 0 Å². The van der Waals surface area contributed by atoms with Gasteiger partial charge in [0.05, 0.1) is 0 Å². The number of pyridine rings is 2. The molecule has 1 unspecified atom stereocenters. The summed E-state index contributed by atoms with van der Waals surface area (Å²) in [5.74, 6) is -0.201. The Morgan fingerprint density at radius 1 is 1.30 bits per heavy atom. The van der Waals surface area contributed by atoms with E-state index in [1.165, 1.54) is 0 Å². The lowest BCUT2D eigenvalue weighted by atomic mass is 10.0. The van der Waals surface area contributed by atoms with Crippen LogP contribution in [0.5, 0.6) is 0 Å². The molecule has 0 saturated carbocycles. The molecule has 0 aliphatic carbocycles. The number of amides is 1. The van der Waals surface area contributed by atoms with Gasteiger partial charge in [-0.2, -0.15) is 0 Å². The van der Waals surface area contributed by atoms with Crippen molar-refractivity contribution in [2.45, 2.75) is 18.9 Å². The maximum absolute atomic E-state index is 12.6. The van der Waals surface area contributed by atoms with Gasteiger partial charge < -0.3 is 15.2 Å². The second-order valence-corrected chi connectivity index (χ2v) is 5.73. The van der Waals surface area contributed by atoms with E-state index in [9.17, 15) is 9.59 Å². The molecule has 1 fully saturated rings. The number of hydrogen-bond acceptors (Lipinski definition) is 4. The SMILES string of the molecule is CNC1CCCN(C(=O)c2ccc(-c3ccncc3)[nH]c2=O)C1. The number of carbonyl (C=O) groups is 1. The van der Waals surface area contributed by atoms with Gasteiger partial charge in [-0.1, -0.05) is 0 Å². The van der Waals surface area contributed by atoms with E-state index in [-0.39, 0.29) is 17.0 Å². The summed E-state index contributed by atoms with van der Waals surface area (Å²) in [5, 5.41) is 3.20. The number of nitrogens with zero attached hydrogens (tertiary/aromatic N) is 2. The summed E-state index contributed by atoms with van der Waals surface area (Å²) in [4.78, 5) is 33.4. The third-order valence-electron chi connectivity index (χ3n) is 4.25. The second kappa shape index (κ2) is 6.75. The van der Waals surface area contributed by atoms with Crippen LogP contribution < -0.4 is 10.9 Å². The van der Waals surface area contributed by atoms with Crippen LogP contribution in [0.2, 0.25) is 0 Å². The number of likely N-dealkylation sites (N-methyl/N-ethyl adjacent to an activating group) is 1. The highest BCUT2D eigenvalue weighted by Gasteiger charge is 2.25. The monoisotopic (exact) mass is 312 g/mol. The summed E-state index contributed by atoms with van der Waals surface area (Å²) < 4.78 is 0. The Labute approximate surface area is 134 Å². The van der Waals surface area contributed by atoms with E-state index in [0.29, 0.717) is 24.8 Å². The minimum absolute atomic E-state index is 0.194. The Kier molecular flexibility index (Phi) is 4.52. The first-order chi connectivity index (χ1) is 11.2. The topological polar surface area (TPSA) is 78.1 Å². The van der Waals surface area contributed by atoms with Crippen LogP contribution in [-0.4, -0.2) is 47.0 Å². The molecule has 6 heteroatoms. The van der Waals surface area contributed by atoms with Crippen LogP contribution in [0.3, 0.4) is 0 Å². The van der Waals surface area contributed by atoms with E-state index in [1.807, 2.05) is 19.2 Å². The molecule has 3 heterocycles.